The van der Waals surface area contributed by atoms with E-state index in [2.05, 4.69) is 55.3 Å². The van der Waals surface area contributed by atoms with Crippen LogP contribution in [0.5, 0.6) is 0 Å². The van der Waals surface area contributed by atoms with Crippen molar-refractivity contribution in [1.82, 2.24) is 5.32 Å². The summed E-state index contributed by atoms with van der Waals surface area (Å²) >= 11 is 0. The average Bonchev–Trinajstić information content (AvgIpc) is 2.71. The Hall–Kier alpha value is -1.02. The lowest BCUT2D eigenvalue weighted by atomic mass is 9.93. The molecule has 21 heavy (non-hydrogen) atoms. The van der Waals surface area contributed by atoms with Crippen LogP contribution in [0, 0.1) is 12.8 Å². The number of anilines is 1. The molecule has 0 saturated heterocycles. The molecule has 1 aromatic carbocycles. The van der Waals surface area contributed by atoms with Gasteiger partial charge in [-0.15, -0.1) is 0 Å². The summed E-state index contributed by atoms with van der Waals surface area (Å²) in [6.07, 6.45) is 6.93. The van der Waals surface area contributed by atoms with E-state index in [9.17, 15) is 0 Å². The van der Waals surface area contributed by atoms with Crippen LogP contribution in [0.3, 0.4) is 0 Å². The smallest absolute Gasteiger partial charge is 0.0395 e. The highest BCUT2D eigenvalue weighted by molar-refractivity contribution is 5.52. The number of nitrogens with one attached hydrogen (secondary N) is 1. The number of para-hydroxylation sites is 1. The van der Waals surface area contributed by atoms with E-state index in [1.165, 1.54) is 49.9 Å². The Kier molecular flexibility index (Phi) is 6.56. The second-order valence-electron chi connectivity index (χ2n) is 6.39. The first kappa shape index (κ1) is 16.4. The van der Waals surface area contributed by atoms with Gasteiger partial charge in [0.2, 0.25) is 0 Å². The van der Waals surface area contributed by atoms with E-state index in [0.717, 1.165) is 19.0 Å². The van der Waals surface area contributed by atoms with Crippen LogP contribution in [0.1, 0.15) is 51.5 Å². The standard InChI is InChI=1S/C19H32N2/c1-4-20-18-13-8-6-7-12-17(18)15-21(5-2)19-14-10-9-11-16(19)3/h9-11,14,17-18,20H,4-8,12-13,15H2,1-3H3. The Morgan fingerprint density at radius 1 is 1.10 bits per heavy atom. The summed E-state index contributed by atoms with van der Waals surface area (Å²) < 4.78 is 0. The molecule has 2 atom stereocenters. The van der Waals surface area contributed by atoms with Crippen molar-refractivity contribution in [3.8, 4) is 0 Å². The normalized spacial score (nSPS) is 22.8. The van der Waals surface area contributed by atoms with Crippen molar-refractivity contribution in [2.24, 2.45) is 5.92 Å². The van der Waals surface area contributed by atoms with Crippen molar-refractivity contribution >= 4 is 5.69 Å². The molecule has 0 aliphatic heterocycles. The molecule has 1 saturated carbocycles. The SMILES string of the molecule is CCNC1CCCCCC1CN(CC)c1ccccc1C. The van der Waals surface area contributed by atoms with Gasteiger partial charge in [-0.2, -0.15) is 0 Å². The third-order valence-corrected chi connectivity index (χ3v) is 4.92. The molecular weight excluding hydrogens is 256 g/mol. The average molecular weight is 288 g/mol. The first-order chi connectivity index (χ1) is 10.3. The van der Waals surface area contributed by atoms with Crippen LogP contribution in [-0.4, -0.2) is 25.7 Å². The van der Waals surface area contributed by atoms with Gasteiger partial charge in [0, 0.05) is 24.8 Å². The number of hydrogen-bond donors (Lipinski definition) is 1. The summed E-state index contributed by atoms with van der Waals surface area (Å²) in [5, 5.41) is 3.74. The Labute approximate surface area is 130 Å². The molecule has 1 fully saturated rings. The third-order valence-electron chi connectivity index (χ3n) is 4.92. The number of aryl methyl sites for hydroxylation is 1. The van der Waals surface area contributed by atoms with Crippen LogP contribution in [-0.2, 0) is 0 Å². The molecule has 2 nitrogen and oxygen atoms in total. The first-order valence-electron chi connectivity index (χ1n) is 8.80. The van der Waals surface area contributed by atoms with E-state index in [1.54, 1.807) is 0 Å². The minimum absolute atomic E-state index is 0.704. The fourth-order valence-corrected chi connectivity index (χ4v) is 3.73. The van der Waals surface area contributed by atoms with Gasteiger partial charge in [-0.25, -0.2) is 0 Å². The van der Waals surface area contributed by atoms with Gasteiger partial charge in [-0.3, -0.25) is 0 Å². The lowest BCUT2D eigenvalue weighted by molar-refractivity contribution is 0.340. The summed E-state index contributed by atoms with van der Waals surface area (Å²) in [6, 6.07) is 9.51. The number of hydrogen-bond acceptors (Lipinski definition) is 2. The largest absolute Gasteiger partial charge is 0.371 e. The highest BCUT2D eigenvalue weighted by atomic mass is 15.1. The molecule has 1 aliphatic carbocycles. The van der Waals surface area contributed by atoms with Crippen LogP contribution < -0.4 is 10.2 Å². The van der Waals surface area contributed by atoms with Crippen molar-refractivity contribution in [2.75, 3.05) is 24.5 Å². The van der Waals surface area contributed by atoms with Crippen molar-refractivity contribution in [2.45, 2.75) is 58.9 Å². The number of rotatable bonds is 6. The summed E-state index contributed by atoms with van der Waals surface area (Å²) in [5.74, 6) is 0.784. The fraction of sp³-hybridized carbons (Fsp3) is 0.684. The van der Waals surface area contributed by atoms with Gasteiger partial charge in [0.1, 0.15) is 0 Å². The van der Waals surface area contributed by atoms with Gasteiger partial charge in [-0.05, 0) is 50.8 Å². The van der Waals surface area contributed by atoms with Crippen LogP contribution in [0.15, 0.2) is 24.3 Å². The minimum Gasteiger partial charge on any atom is -0.371 e. The molecule has 1 N–H and O–H groups in total. The van der Waals surface area contributed by atoms with Crippen molar-refractivity contribution in [3.05, 3.63) is 29.8 Å². The second-order valence-corrected chi connectivity index (χ2v) is 6.39. The van der Waals surface area contributed by atoms with E-state index >= 15 is 0 Å². The van der Waals surface area contributed by atoms with E-state index in [0.29, 0.717) is 6.04 Å². The van der Waals surface area contributed by atoms with Crippen molar-refractivity contribution in [3.63, 3.8) is 0 Å². The fourth-order valence-electron chi connectivity index (χ4n) is 3.73. The molecule has 0 heterocycles. The van der Waals surface area contributed by atoms with E-state index in [-0.39, 0.29) is 0 Å². The van der Waals surface area contributed by atoms with Gasteiger partial charge in [0.05, 0.1) is 0 Å². The predicted molar refractivity (Wildman–Crippen MR) is 93.1 cm³/mol. The van der Waals surface area contributed by atoms with Crippen molar-refractivity contribution in [1.29, 1.82) is 0 Å². The number of benzene rings is 1. The molecular formula is C19H32N2. The Morgan fingerprint density at radius 2 is 1.86 bits per heavy atom. The maximum atomic E-state index is 3.74. The maximum Gasteiger partial charge on any atom is 0.0395 e. The van der Waals surface area contributed by atoms with Crippen LogP contribution in [0.4, 0.5) is 5.69 Å². The topological polar surface area (TPSA) is 15.3 Å². The molecule has 0 radical (unpaired) electrons. The Bertz CT molecular complexity index is 416. The van der Waals surface area contributed by atoms with Gasteiger partial charge in [-0.1, -0.05) is 44.4 Å². The van der Waals surface area contributed by atoms with Gasteiger partial charge < -0.3 is 10.2 Å². The predicted octanol–water partition coefficient (Wildman–Crippen LogP) is 4.38. The lowest BCUT2D eigenvalue weighted by Crippen LogP contribution is -2.42. The molecule has 0 bridgehead atoms. The molecule has 2 unspecified atom stereocenters. The van der Waals surface area contributed by atoms with E-state index in [1.807, 2.05) is 0 Å². The summed E-state index contributed by atoms with van der Waals surface area (Å²) in [4.78, 5) is 2.58. The summed E-state index contributed by atoms with van der Waals surface area (Å²) in [7, 11) is 0. The quantitative estimate of drug-likeness (QED) is 0.782. The van der Waals surface area contributed by atoms with E-state index < -0.39 is 0 Å². The zero-order chi connectivity index (χ0) is 15.1. The second kappa shape index (κ2) is 8.43. The maximum absolute atomic E-state index is 3.74. The monoisotopic (exact) mass is 288 g/mol. The molecule has 0 spiro atoms. The van der Waals surface area contributed by atoms with Crippen LogP contribution >= 0.6 is 0 Å². The molecule has 2 rings (SSSR count). The molecule has 1 aromatic rings. The van der Waals surface area contributed by atoms with Gasteiger partial charge in [0.25, 0.3) is 0 Å². The molecule has 118 valence electrons. The molecule has 1 aliphatic rings. The molecule has 2 heteroatoms. The van der Waals surface area contributed by atoms with Gasteiger partial charge >= 0.3 is 0 Å². The highest BCUT2D eigenvalue weighted by Gasteiger charge is 2.25. The first-order valence-corrected chi connectivity index (χ1v) is 8.80. The Morgan fingerprint density at radius 3 is 2.57 bits per heavy atom. The van der Waals surface area contributed by atoms with Gasteiger partial charge in [0.15, 0.2) is 0 Å². The minimum atomic E-state index is 0.704. The number of nitrogens with zero attached hydrogens (tertiary/aromatic N) is 1. The lowest BCUT2D eigenvalue weighted by Gasteiger charge is -2.33. The van der Waals surface area contributed by atoms with E-state index in [4.69, 9.17) is 0 Å². The molecule has 0 aromatic heterocycles. The van der Waals surface area contributed by atoms with Crippen molar-refractivity contribution < 1.29 is 0 Å². The zero-order valence-corrected chi connectivity index (χ0v) is 14.1. The summed E-state index contributed by atoms with van der Waals surface area (Å²) in [5.41, 5.74) is 2.81. The molecule has 0 amide bonds. The summed E-state index contributed by atoms with van der Waals surface area (Å²) in [6.45, 7) is 10.1. The van der Waals surface area contributed by atoms with Crippen LogP contribution in [0.25, 0.3) is 0 Å². The Balaban J connectivity index is 2.09. The highest BCUT2D eigenvalue weighted by Crippen LogP contribution is 2.27. The zero-order valence-electron chi connectivity index (χ0n) is 14.1. The van der Waals surface area contributed by atoms with Crippen LogP contribution in [0.2, 0.25) is 0 Å². The third kappa shape index (κ3) is 4.47.